The number of Topliss-reactive ketones (excluding diaryl/α,β-unsaturated/α-hetero) is 1. The van der Waals surface area contributed by atoms with Gasteiger partial charge < -0.3 is 4.79 Å². The Labute approximate surface area is 90.2 Å². The molecule has 13 heavy (non-hydrogen) atoms. The standard InChI is InChI=1S/C3H6OS.C3H6O.C3H8S/c1-3(4)5-2;1-3(2)4;1-3-4-2/h1-2H3;1-2H3;3H2,1-2H3. The molecule has 0 saturated carbocycles. The first-order chi connectivity index (χ1) is 5.92. The quantitative estimate of drug-likeness (QED) is 0.686. The normalized spacial score (nSPS) is 7.23. The lowest BCUT2D eigenvalue weighted by Crippen LogP contribution is -1.72. The van der Waals surface area contributed by atoms with Gasteiger partial charge in [-0.3, -0.25) is 4.79 Å². The van der Waals surface area contributed by atoms with E-state index in [2.05, 4.69) is 13.2 Å². The molecular weight excluding hydrogens is 204 g/mol. The number of thioether (sulfide) groups is 2. The Morgan fingerprint density at radius 2 is 1.23 bits per heavy atom. The van der Waals surface area contributed by atoms with E-state index in [1.807, 2.05) is 11.8 Å². The lowest BCUT2D eigenvalue weighted by atomic mass is 10.6. The van der Waals surface area contributed by atoms with Crippen molar-refractivity contribution in [3.63, 3.8) is 0 Å². The summed E-state index contributed by atoms with van der Waals surface area (Å²) in [5.74, 6) is 1.40. The maximum atomic E-state index is 9.78. The van der Waals surface area contributed by atoms with E-state index in [-0.39, 0.29) is 10.9 Å². The maximum absolute atomic E-state index is 9.78. The number of ketones is 1. The molecule has 0 aromatic carbocycles. The fraction of sp³-hybridized carbons (Fsp3) is 0.778. The van der Waals surface area contributed by atoms with Gasteiger partial charge in [-0.25, -0.2) is 0 Å². The summed E-state index contributed by atoms with van der Waals surface area (Å²) < 4.78 is 0. The Hall–Kier alpha value is 0.0400. The third kappa shape index (κ3) is 131. The van der Waals surface area contributed by atoms with Crippen LogP contribution >= 0.6 is 23.5 Å². The second-order valence-electron chi connectivity index (χ2n) is 2.18. The summed E-state index contributed by atoms with van der Waals surface area (Å²) in [5, 5.41) is 0.171. The second-order valence-corrected chi connectivity index (χ2v) is 4.32. The number of carbonyl (C=O) groups excluding carboxylic acids is 2. The smallest absolute Gasteiger partial charge is 0.185 e. The molecule has 0 bridgehead atoms. The van der Waals surface area contributed by atoms with Crippen LogP contribution in [0.5, 0.6) is 0 Å². The molecule has 0 rings (SSSR count). The van der Waals surface area contributed by atoms with Crippen LogP contribution in [0.3, 0.4) is 0 Å². The molecule has 0 heterocycles. The van der Waals surface area contributed by atoms with E-state index in [1.54, 1.807) is 13.2 Å². The lowest BCUT2D eigenvalue weighted by Gasteiger charge is -1.71. The van der Waals surface area contributed by atoms with Gasteiger partial charge in [0, 0.05) is 6.92 Å². The first-order valence-corrected chi connectivity index (χ1v) is 6.54. The second kappa shape index (κ2) is 18.0. The molecule has 4 heteroatoms. The fourth-order valence-electron chi connectivity index (χ4n) is 0. The summed E-state index contributed by atoms with van der Waals surface area (Å²) in [5.41, 5.74) is 0. The van der Waals surface area contributed by atoms with Gasteiger partial charge in [0.05, 0.1) is 0 Å². The van der Waals surface area contributed by atoms with E-state index in [9.17, 15) is 9.59 Å². The average Bonchev–Trinajstić information content (AvgIpc) is 2.04. The van der Waals surface area contributed by atoms with Crippen LogP contribution in [0.1, 0.15) is 27.7 Å². The van der Waals surface area contributed by atoms with Crippen molar-refractivity contribution in [3.8, 4) is 0 Å². The van der Waals surface area contributed by atoms with E-state index >= 15 is 0 Å². The number of rotatable bonds is 1. The van der Waals surface area contributed by atoms with Crippen molar-refractivity contribution >= 4 is 34.4 Å². The topological polar surface area (TPSA) is 34.1 Å². The zero-order valence-corrected chi connectivity index (χ0v) is 11.0. The molecule has 0 atom stereocenters. The summed E-state index contributed by atoms with van der Waals surface area (Å²) >= 11 is 3.10. The Kier molecular flexibility index (Phi) is 25.9. The highest BCUT2D eigenvalue weighted by Gasteiger charge is 1.77. The van der Waals surface area contributed by atoms with Crippen molar-refractivity contribution in [3.05, 3.63) is 0 Å². The Morgan fingerprint density at radius 3 is 1.23 bits per heavy atom. The van der Waals surface area contributed by atoms with Gasteiger partial charge in [0.1, 0.15) is 5.78 Å². The monoisotopic (exact) mass is 224 g/mol. The van der Waals surface area contributed by atoms with Crippen molar-refractivity contribution in [1.29, 1.82) is 0 Å². The Morgan fingerprint density at radius 1 is 1.08 bits per heavy atom. The summed E-state index contributed by atoms with van der Waals surface area (Å²) in [7, 11) is 0. The van der Waals surface area contributed by atoms with Crippen molar-refractivity contribution in [2.45, 2.75) is 27.7 Å². The largest absolute Gasteiger partial charge is 0.300 e. The van der Waals surface area contributed by atoms with E-state index < -0.39 is 0 Å². The van der Waals surface area contributed by atoms with Crippen LogP contribution in [0, 0.1) is 0 Å². The molecule has 2 nitrogen and oxygen atoms in total. The predicted octanol–water partition coefficient (Wildman–Crippen LogP) is 2.86. The third-order valence-corrected chi connectivity index (χ3v) is 1.73. The van der Waals surface area contributed by atoms with Crippen LogP contribution in [0.4, 0.5) is 0 Å². The first kappa shape index (κ1) is 18.8. The molecule has 0 N–H and O–H groups in total. The summed E-state index contributed by atoms with van der Waals surface area (Å²) in [6.45, 7) is 6.75. The highest BCUT2D eigenvalue weighted by atomic mass is 32.2. The van der Waals surface area contributed by atoms with Gasteiger partial charge in [-0.1, -0.05) is 18.7 Å². The van der Waals surface area contributed by atoms with Crippen LogP contribution in [-0.2, 0) is 9.59 Å². The molecule has 0 fully saturated rings. The van der Waals surface area contributed by atoms with Gasteiger partial charge in [0.2, 0.25) is 0 Å². The minimum atomic E-state index is 0.167. The third-order valence-electron chi connectivity index (χ3n) is 0.576. The zero-order chi connectivity index (χ0) is 11.3. The molecule has 0 unspecified atom stereocenters. The van der Waals surface area contributed by atoms with Crippen LogP contribution in [0.2, 0.25) is 0 Å². The molecule has 0 aliphatic carbocycles. The van der Waals surface area contributed by atoms with E-state index in [4.69, 9.17) is 0 Å². The van der Waals surface area contributed by atoms with Gasteiger partial charge in [0.25, 0.3) is 0 Å². The SMILES string of the molecule is CC(C)=O.CCSC.CSC(C)=O. The summed E-state index contributed by atoms with van der Waals surface area (Å²) in [4.78, 5) is 19.2. The van der Waals surface area contributed by atoms with E-state index in [0.29, 0.717) is 0 Å². The molecule has 0 aromatic heterocycles. The average molecular weight is 224 g/mol. The van der Waals surface area contributed by atoms with Gasteiger partial charge in [-0.05, 0) is 32.1 Å². The molecule has 0 aliphatic rings. The molecule has 0 saturated heterocycles. The van der Waals surface area contributed by atoms with Gasteiger partial charge in [-0.2, -0.15) is 11.8 Å². The number of hydrogen-bond donors (Lipinski definition) is 0. The first-order valence-electron chi connectivity index (χ1n) is 3.92. The highest BCUT2D eigenvalue weighted by molar-refractivity contribution is 8.12. The minimum Gasteiger partial charge on any atom is -0.300 e. The molecular formula is C9H20O2S2. The molecule has 0 aliphatic heterocycles. The van der Waals surface area contributed by atoms with Crippen LogP contribution in [0.15, 0.2) is 0 Å². The van der Waals surface area contributed by atoms with Crippen molar-refractivity contribution in [2.24, 2.45) is 0 Å². The van der Waals surface area contributed by atoms with Gasteiger partial charge in [0.15, 0.2) is 5.12 Å². The maximum Gasteiger partial charge on any atom is 0.185 e. The Bertz CT molecular complexity index is 119. The van der Waals surface area contributed by atoms with Crippen LogP contribution < -0.4 is 0 Å². The van der Waals surface area contributed by atoms with Crippen molar-refractivity contribution in [2.75, 3.05) is 18.3 Å². The molecule has 0 amide bonds. The zero-order valence-electron chi connectivity index (χ0n) is 9.34. The molecule has 0 radical (unpaired) electrons. The predicted molar refractivity (Wildman–Crippen MR) is 64.6 cm³/mol. The van der Waals surface area contributed by atoms with Gasteiger partial charge >= 0.3 is 0 Å². The van der Waals surface area contributed by atoms with Gasteiger partial charge in [-0.15, -0.1) is 0 Å². The van der Waals surface area contributed by atoms with Crippen molar-refractivity contribution < 1.29 is 9.59 Å². The summed E-state index contributed by atoms with van der Waals surface area (Å²) in [6.07, 6.45) is 3.86. The fourth-order valence-corrected chi connectivity index (χ4v) is 0. The lowest BCUT2D eigenvalue weighted by molar-refractivity contribution is -0.115. The number of hydrogen-bond acceptors (Lipinski definition) is 4. The molecule has 0 spiro atoms. The summed E-state index contributed by atoms with van der Waals surface area (Å²) in [6, 6.07) is 0. The van der Waals surface area contributed by atoms with Crippen LogP contribution in [0.25, 0.3) is 0 Å². The Balaban J connectivity index is -0.000000117. The van der Waals surface area contributed by atoms with Crippen molar-refractivity contribution in [1.82, 2.24) is 0 Å². The van der Waals surface area contributed by atoms with E-state index in [0.717, 1.165) is 0 Å². The highest BCUT2D eigenvalue weighted by Crippen LogP contribution is 1.88. The minimum absolute atomic E-state index is 0.167. The number of carbonyl (C=O) groups is 2. The van der Waals surface area contributed by atoms with Crippen LogP contribution in [-0.4, -0.2) is 29.2 Å². The molecule has 0 aromatic rings. The molecule has 80 valence electrons. The van der Waals surface area contributed by atoms with E-state index in [1.165, 1.54) is 31.4 Å².